The van der Waals surface area contributed by atoms with E-state index >= 15 is 0 Å². The van der Waals surface area contributed by atoms with Crippen LogP contribution in [0.4, 0.5) is 5.82 Å². The number of aromatic nitrogens is 2. The fourth-order valence-electron chi connectivity index (χ4n) is 4.03. The van der Waals surface area contributed by atoms with E-state index in [2.05, 4.69) is 9.97 Å². The molecule has 1 fully saturated rings. The van der Waals surface area contributed by atoms with Crippen molar-refractivity contribution < 1.29 is 13.2 Å². The summed E-state index contributed by atoms with van der Waals surface area (Å²) in [7, 11) is -3.23. The van der Waals surface area contributed by atoms with E-state index in [1.807, 2.05) is 17.0 Å². The summed E-state index contributed by atoms with van der Waals surface area (Å²) in [5.74, 6) is 0.524. The number of fused-ring (bicyclic) bond motifs is 1. The van der Waals surface area contributed by atoms with Crippen LogP contribution in [0.5, 0.6) is 0 Å². The van der Waals surface area contributed by atoms with Crippen LogP contribution in [-0.4, -0.2) is 61.4 Å². The molecule has 8 nitrogen and oxygen atoms in total. The van der Waals surface area contributed by atoms with E-state index in [0.29, 0.717) is 54.7 Å². The van der Waals surface area contributed by atoms with Crippen molar-refractivity contribution in [1.29, 1.82) is 0 Å². The van der Waals surface area contributed by atoms with Gasteiger partial charge in [0.05, 0.1) is 22.7 Å². The molecule has 0 bridgehead atoms. The highest BCUT2D eigenvalue weighted by atomic mass is 35.5. The molecular formula is C20H24ClN5O3S. The minimum absolute atomic E-state index is 0.0446. The topological polar surface area (TPSA) is 109 Å². The molecule has 2 aliphatic heterocycles. The molecule has 3 heterocycles. The van der Waals surface area contributed by atoms with Crippen LogP contribution in [0.25, 0.3) is 0 Å². The van der Waals surface area contributed by atoms with Gasteiger partial charge in [-0.25, -0.2) is 18.4 Å². The van der Waals surface area contributed by atoms with Crippen LogP contribution >= 0.6 is 11.6 Å². The van der Waals surface area contributed by atoms with E-state index < -0.39 is 21.1 Å². The number of halogens is 1. The average molecular weight is 450 g/mol. The minimum Gasteiger partial charge on any atom is -0.353 e. The number of piperazine rings is 1. The molecule has 1 unspecified atom stereocenters. The molecule has 2 aliphatic rings. The van der Waals surface area contributed by atoms with E-state index in [1.165, 1.54) is 6.33 Å². The second-order valence-electron chi connectivity index (χ2n) is 7.76. The van der Waals surface area contributed by atoms with Crippen LogP contribution in [0.2, 0.25) is 5.02 Å². The van der Waals surface area contributed by atoms with Gasteiger partial charge in [0.15, 0.2) is 9.84 Å². The molecule has 2 N–H and O–H groups in total. The molecule has 0 aliphatic carbocycles. The molecule has 1 aromatic heterocycles. The van der Waals surface area contributed by atoms with Crippen molar-refractivity contribution in [3.05, 3.63) is 52.4 Å². The zero-order chi connectivity index (χ0) is 21.5. The maximum absolute atomic E-state index is 12.8. The molecule has 0 spiro atoms. The number of sulfone groups is 1. The number of hydrogen-bond acceptors (Lipinski definition) is 7. The maximum atomic E-state index is 12.8. The van der Waals surface area contributed by atoms with Crippen molar-refractivity contribution in [2.24, 2.45) is 5.73 Å². The lowest BCUT2D eigenvalue weighted by Crippen LogP contribution is -2.54. The number of amides is 1. The summed E-state index contributed by atoms with van der Waals surface area (Å²) < 4.78 is 24.6. The first-order valence-electron chi connectivity index (χ1n) is 9.85. The van der Waals surface area contributed by atoms with Gasteiger partial charge in [-0.05, 0) is 31.0 Å². The van der Waals surface area contributed by atoms with Gasteiger partial charge in [-0.1, -0.05) is 23.7 Å². The Bertz CT molecular complexity index is 1050. The van der Waals surface area contributed by atoms with E-state index in [1.54, 1.807) is 24.0 Å². The Kier molecular flexibility index (Phi) is 5.69. The third-order valence-corrected chi connectivity index (χ3v) is 8.05. The van der Waals surface area contributed by atoms with Crippen LogP contribution in [-0.2, 0) is 26.8 Å². The smallest absolute Gasteiger partial charge is 0.239 e. The Hall–Kier alpha value is -2.23. The molecule has 2 atom stereocenters. The Balaban J connectivity index is 1.41. The first-order valence-corrected chi connectivity index (χ1v) is 11.9. The van der Waals surface area contributed by atoms with Gasteiger partial charge in [0.2, 0.25) is 5.91 Å². The molecule has 1 saturated heterocycles. The predicted molar refractivity (Wildman–Crippen MR) is 115 cm³/mol. The number of nitrogens with two attached hydrogens (primary N) is 1. The van der Waals surface area contributed by atoms with Crippen molar-refractivity contribution in [3.63, 3.8) is 0 Å². The van der Waals surface area contributed by atoms with Gasteiger partial charge in [0, 0.05) is 36.8 Å². The van der Waals surface area contributed by atoms with Gasteiger partial charge < -0.3 is 15.5 Å². The highest BCUT2D eigenvalue weighted by Gasteiger charge is 2.38. The zero-order valence-corrected chi connectivity index (χ0v) is 18.2. The standard InChI is InChI=1S/C20H24ClN5O3S/c1-13-18-17(11-30(13,28)29)23-12-24-19(18)25-6-8-26(9-7-25)20(27)16(22)10-14-2-4-15(21)5-3-14/h2-5,12-13,16H,6-11,22H2,1H3/t13?,16-/m1/s1. The molecule has 1 aromatic carbocycles. The maximum Gasteiger partial charge on any atom is 0.239 e. The number of carbonyl (C=O) groups is 1. The quantitative estimate of drug-likeness (QED) is 0.749. The number of carbonyl (C=O) groups excluding carboxylic acids is 1. The van der Waals surface area contributed by atoms with Gasteiger partial charge in [-0.2, -0.15) is 0 Å². The number of nitrogens with zero attached hydrogens (tertiary/aromatic N) is 4. The summed E-state index contributed by atoms with van der Waals surface area (Å²) in [6.07, 6.45) is 1.87. The first kappa shape index (κ1) is 21.0. The van der Waals surface area contributed by atoms with Crippen molar-refractivity contribution in [3.8, 4) is 0 Å². The molecule has 0 radical (unpaired) electrons. The van der Waals surface area contributed by atoms with Crippen LogP contribution in [0, 0.1) is 0 Å². The summed E-state index contributed by atoms with van der Waals surface area (Å²) in [5.41, 5.74) is 8.40. The van der Waals surface area contributed by atoms with Crippen molar-refractivity contribution in [2.45, 2.75) is 30.4 Å². The Morgan fingerprint density at radius 2 is 1.87 bits per heavy atom. The van der Waals surface area contributed by atoms with Crippen LogP contribution < -0.4 is 10.6 Å². The van der Waals surface area contributed by atoms with E-state index in [0.717, 1.165) is 5.56 Å². The lowest BCUT2D eigenvalue weighted by molar-refractivity contribution is -0.132. The fraction of sp³-hybridized carbons (Fsp3) is 0.450. The summed E-state index contributed by atoms with van der Waals surface area (Å²) >= 11 is 5.90. The Labute approximate surface area is 181 Å². The SMILES string of the molecule is CC1c2c(ncnc2N2CCN(C(=O)[C@H](N)Cc3ccc(Cl)cc3)CC2)CS1(=O)=O. The number of rotatable bonds is 4. The third-order valence-electron chi connectivity index (χ3n) is 5.81. The molecule has 10 heteroatoms. The van der Waals surface area contributed by atoms with Crippen molar-refractivity contribution >= 4 is 33.2 Å². The molecule has 2 aromatic rings. The van der Waals surface area contributed by atoms with Crippen molar-refractivity contribution in [2.75, 3.05) is 31.1 Å². The van der Waals surface area contributed by atoms with E-state index in [9.17, 15) is 13.2 Å². The van der Waals surface area contributed by atoms with E-state index in [4.69, 9.17) is 17.3 Å². The van der Waals surface area contributed by atoms with Gasteiger partial charge in [0.1, 0.15) is 12.1 Å². The summed E-state index contributed by atoms with van der Waals surface area (Å²) in [6, 6.07) is 6.70. The Morgan fingerprint density at radius 1 is 1.20 bits per heavy atom. The lowest BCUT2D eigenvalue weighted by atomic mass is 10.1. The second kappa shape index (κ2) is 8.13. The van der Waals surface area contributed by atoms with Gasteiger partial charge in [-0.15, -0.1) is 0 Å². The molecule has 0 saturated carbocycles. The predicted octanol–water partition coefficient (Wildman–Crippen LogP) is 1.34. The molecule has 30 heavy (non-hydrogen) atoms. The fourth-order valence-corrected chi connectivity index (χ4v) is 5.62. The van der Waals surface area contributed by atoms with E-state index in [-0.39, 0.29) is 11.7 Å². The van der Waals surface area contributed by atoms with Crippen LogP contribution in [0.15, 0.2) is 30.6 Å². The number of anilines is 1. The molecule has 160 valence electrons. The van der Waals surface area contributed by atoms with Gasteiger partial charge in [-0.3, -0.25) is 4.79 Å². The van der Waals surface area contributed by atoms with Crippen LogP contribution in [0.1, 0.15) is 29.0 Å². The molecule has 1 amide bonds. The van der Waals surface area contributed by atoms with Gasteiger partial charge in [0.25, 0.3) is 0 Å². The molecular weight excluding hydrogens is 426 g/mol. The summed E-state index contributed by atoms with van der Waals surface area (Å²) in [5, 5.41) is 0.0317. The highest BCUT2D eigenvalue weighted by Crippen LogP contribution is 2.39. The number of benzene rings is 1. The van der Waals surface area contributed by atoms with Gasteiger partial charge >= 0.3 is 0 Å². The average Bonchev–Trinajstić information content (AvgIpc) is 2.97. The second-order valence-corrected chi connectivity index (χ2v) is 10.5. The number of hydrogen-bond donors (Lipinski definition) is 1. The Morgan fingerprint density at radius 3 is 2.53 bits per heavy atom. The van der Waals surface area contributed by atoms with Crippen molar-refractivity contribution in [1.82, 2.24) is 14.9 Å². The summed E-state index contributed by atoms with van der Waals surface area (Å²) in [6.45, 7) is 3.83. The summed E-state index contributed by atoms with van der Waals surface area (Å²) in [4.78, 5) is 25.1. The minimum atomic E-state index is -3.23. The molecule has 4 rings (SSSR count). The van der Waals surface area contributed by atoms with Crippen LogP contribution in [0.3, 0.4) is 0 Å². The zero-order valence-electron chi connectivity index (χ0n) is 16.7. The lowest BCUT2D eigenvalue weighted by Gasteiger charge is -2.37. The normalized spacial score (nSPS) is 21.4. The highest BCUT2D eigenvalue weighted by molar-refractivity contribution is 7.91. The monoisotopic (exact) mass is 449 g/mol. The third kappa shape index (κ3) is 4.01. The largest absolute Gasteiger partial charge is 0.353 e. The first-order chi connectivity index (χ1) is 14.3.